The van der Waals surface area contributed by atoms with Crippen molar-refractivity contribution in [2.45, 2.75) is 44.6 Å². The van der Waals surface area contributed by atoms with E-state index in [1.165, 1.54) is 12.1 Å². The van der Waals surface area contributed by atoms with Gasteiger partial charge in [-0.15, -0.1) is 13.2 Å². The molecule has 0 atom stereocenters. The molecule has 0 bridgehead atoms. The Bertz CT molecular complexity index is 1470. The maximum absolute atomic E-state index is 14.8. The van der Waals surface area contributed by atoms with E-state index < -0.39 is 65.0 Å². The van der Waals surface area contributed by atoms with Crippen LogP contribution in [0.4, 0.5) is 48.3 Å². The summed E-state index contributed by atoms with van der Waals surface area (Å²) in [5.74, 6) is -9.99. The molecule has 1 fully saturated rings. The fourth-order valence-corrected chi connectivity index (χ4v) is 4.53. The van der Waals surface area contributed by atoms with Crippen LogP contribution in [-0.2, 0) is 26.4 Å². The molecule has 0 radical (unpaired) electrons. The summed E-state index contributed by atoms with van der Waals surface area (Å²) < 4.78 is 169. The minimum atomic E-state index is -6.03. The Labute approximate surface area is 249 Å². The second-order valence-corrected chi connectivity index (χ2v) is 9.89. The zero-order valence-electron chi connectivity index (χ0n) is 23.0. The lowest BCUT2D eigenvalue weighted by Crippen LogP contribution is -2.30. The SMILES string of the molecule is CC=CCCC1COC(c2ccc(-c3cc(F)c(C(F)(F)Oc4cc(F)c(C(F)(F)OC(F)(F)F)c(F)c4)c(F)c3)cc2)OC1. The van der Waals surface area contributed by atoms with Gasteiger partial charge >= 0.3 is 18.6 Å². The Morgan fingerprint density at radius 2 is 1.24 bits per heavy atom. The third-order valence-corrected chi connectivity index (χ3v) is 6.59. The standard InChI is InChI=1S/C30H23F11O4/c1-2-3-4-5-16-14-42-27(43-15-16)18-8-6-17(7-9-18)19-10-21(31)25(22(32)11-19)28(35,36)44-20-12-23(33)26(24(34)13-20)29(37,38)45-30(39,40)41/h2-3,6-13,16,27H,4-5,14-15H2,1H3. The number of alkyl halides is 7. The first-order chi connectivity index (χ1) is 21.0. The lowest BCUT2D eigenvalue weighted by atomic mass is 10.0. The highest BCUT2D eigenvalue weighted by Gasteiger charge is 2.50. The second kappa shape index (κ2) is 13.3. The summed E-state index contributed by atoms with van der Waals surface area (Å²) in [5, 5.41) is 0. The van der Waals surface area contributed by atoms with E-state index in [1.807, 2.05) is 19.1 Å². The molecule has 3 aromatic carbocycles. The summed E-state index contributed by atoms with van der Waals surface area (Å²) in [6, 6.07) is 6.40. The van der Waals surface area contributed by atoms with Gasteiger partial charge in [0.05, 0.1) is 13.2 Å². The van der Waals surface area contributed by atoms with Crippen LogP contribution in [0.25, 0.3) is 11.1 Å². The van der Waals surface area contributed by atoms with Crippen molar-refractivity contribution in [1.82, 2.24) is 0 Å². The lowest BCUT2D eigenvalue weighted by Gasteiger charge is -2.29. The summed E-state index contributed by atoms with van der Waals surface area (Å²) in [5.41, 5.74) is -3.94. The van der Waals surface area contributed by atoms with E-state index in [0.717, 1.165) is 12.8 Å². The second-order valence-electron chi connectivity index (χ2n) is 9.89. The zero-order valence-corrected chi connectivity index (χ0v) is 23.0. The number of halogens is 11. The zero-order chi connectivity index (χ0) is 33.2. The van der Waals surface area contributed by atoms with Gasteiger partial charge < -0.3 is 14.2 Å². The van der Waals surface area contributed by atoms with Crippen molar-refractivity contribution in [1.29, 1.82) is 0 Å². The first kappa shape index (κ1) is 34.2. The Kier molecular flexibility index (Phi) is 10.1. The van der Waals surface area contributed by atoms with Gasteiger partial charge in [-0.05, 0) is 43.0 Å². The lowest BCUT2D eigenvalue weighted by molar-refractivity contribution is -0.432. The van der Waals surface area contributed by atoms with Gasteiger partial charge in [0.1, 0.15) is 40.1 Å². The van der Waals surface area contributed by atoms with Crippen molar-refractivity contribution >= 4 is 0 Å². The number of benzene rings is 3. The molecular weight excluding hydrogens is 633 g/mol. The van der Waals surface area contributed by atoms with Crippen LogP contribution in [0.3, 0.4) is 0 Å². The molecule has 45 heavy (non-hydrogen) atoms. The summed E-state index contributed by atoms with van der Waals surface area (Å²) in [6.45, 7) is 2.84. The van der Waals surface area contributed by atoms with E-state index in [2.05, 4.69) is 9.47 Å². The van der Waals surface area contributed by atoms with Gasteiger partial charge in [-0.2, -0.15) is 17.6 Å². The van der Waals surface area contributed by atoms with Crippen LogP contribution in [0.15, 0.2) is 60.7 Å². The highest BCUT2D eigenvalue weighted by atomic mass is 19.4. The summed E-state index contributed by atoms with van der Waals surface area (Å²) in [7, 11) is 0. The topological polar surface area (TPSA) is 36.9 Å². The molecule has 4 rings (SSSR count). The fraction of sp³-hybridized carbons (Fsp3) is 0.333. The van der Waals surface area contributed by atoms with Crippen molar-refractivity contribution in [3.05, 3.63) is 101 Å². The van der Waals surface area contributed by atoms with Gasteiger partial charge in [0.15, 0.2) is 6.29 Å². The van der Waals surface area contributed by atoms with Crippen LogP contribution in [0.1, 0.15) is 42.7 Å². The van der Waals surface area contributed by atoms with Crippen molar-refractivity contribution in [2.24, 2.45) is 5.92 Å². The number of allylic oxidation sites excluding steroid dienone is 2. The molecule has 244 valence electrons. The predicted molar refractivity (Wildman–Crippen MR) is 136 cm³/mol. The molecule has 15 heteroatoms. The number of hydrogen-bond acceptors (Lipinski definition) is 4. The van der Waals surface area contributed by atoms with E-state index in [9.17, 15) is 48.3 Å². The number of ether oxygens (including phenoxy) is 4. The van der Waals surface area contributed by atoms with E-state index in [1.54, 1.807) is 12.1 Å². The summed E-state index contributed by atoms with van der Waals surface area (Å²) >= 11 is 0. The van der Waals surface area contributed by atoms with Gasteiger partial charge in [0.2, 0.25) is 0 Å². The third kappa shape index (κ3) is 8.32. The minimum Gasteiger partial charge on any atom is -0.429 e. The summed E-state index contributed by atoms with van der Waals surface area (Å²) in [6.07, 6.45) is -11.5. The summed E-state index contributed by atoms with van der Waals surface area (Å²) in [4.78, 5) is 0. The van der Waals surface area contributed by atoms with Crippen LogP contribution < -0.4 is 4.74 Å². The molecule has 0 spiro atoms. The molecule has 0 amide bonds. The molecule has 0 aliphatic carbocycles. The normalized spacial score (nSPS) is 18.0. The molecule has 0 unspecified atom stereocenters. The van der Waals surface area contributed by atoms with Crippen LogP contribution >= 0.6 is 0 Å². The van der Waals surface area contributed by atoms with Crippen LogP contribution in [-0.4, -0.2) is 19.6 Å². The van der Waals surface area contributed by atoms with Crippen LogP contribution in [0.5, 0.6) is 5.75 Å². The molecule has 1 heterocycles. The Morgan fingerprint density at radius 3 is 1.76 bits per heavy atom. The largest absolute Gasteiger partial charge is 0.527 e. The maximum Gasteiger partial charge on any atom is 0.527 e. The van der Waals surface area contributed by atoms with Crippen molar-refractivity contribution in [2.75, 3.05) is 13.2 Å². The third-order valence-electron chi connectivity index (χ3n) is 6.59. The first-order valence-electron chi connectivity index (χ1n) is 13.2. The van der Waals surface area contributed by atoms with Gasteiger partial charge in [-0.25, -0.2) is 22.3 Å². The van der Waals surface area contributed by atoms with Gasteiger partial charge in [0, 0.05) is 23.6 Å². The molecule has 3 aromatic rings. The maximum atomic E-state index is 14.8. The van der Waals surface area contributed by atoms with Crippen LogP contribution in [0, 0.1) is 29.2 Å². The van der Waals surface area contributed by atoms with Crippen molar-refractivity contribution in [3.8, 4) is 16.9 Å². The van der Waals surface area contributed by atoms with Crippen LogP contribution in [0.2, 0.25) is 0 Å². The average Bonchev–Trinajstić information content (AvgIpc) is 2.91. The molecule has 1 aliphatic rings. The molecule has 1 saturated heterocycles. The quantitative estimate of drug-likeness (QED) is 0.161. The highest BCUT2D eigenvalue weighted by molar-refractivity contribution is 5.64. The molecule has 0 saturated carbocycles. The average molecular weight is 656 g/mol. The Balaban J connectivity index is 1.49. The van der Waals surface area contributed by atoms with Crippen molar-refractivity contribution < 1.29 is 67.2 Å². The smallest absolute Gasteiger partial charge is 0.429 e. The van der Waals surface area contributed by atoms with E-state index in [4.69, 9.17) is 9.47 Å². The monoisotopic (exact) mass is 656 g/mol. The number of rotatable bonds is 10. The highest BCUT2D eigenvalue weighted by Crippen LogP contribution is 2.42. The molecular formula is C30H23F11O4. The minimum absolute atomic E-state index is 0.182. The van der Waals surface area contributed by atoms with Gasteiger partial charge in [-0.1, -0.05) is 36.4 Å². The van der Waals surface area contributed by atoms with Gasteiger partial charge in [0.25, 0.3) is 0 Å². The fourth-order valence-electron chi connectivity index (χ4n) is 4.53. The predicted octanol–water partition coefficient (Wildman–Crippen LogP) is 9.64. The van der Waals surface area contributed by atoms with E-state index in [-0.39, 0.29) is 29.2 Å². The molecule has 1 aliphatic heterocycles. The first-order valence-corrected chi connectivity index (χ1v) is 13.2. The van der Waals surface area contributed by atoms with E-state index in [0.29, 0.717) is 30.9 Å². The molecule has 0 aromatic heterocycles. The Morgan fingerprint density at radius 1 is 0.733 bits per heavy atom. The Hall–Kier alpha value is -3.69. The molecule has 0 N–H and O–H groups in total. The molecule has 4 nitrogen and oxygen atoms in total. The van der Waals surface area contributed by atoms with Gasteiger partial charge in [-0.3, -0.25) is 0 Å². The van der Waals surface area contributed by atoms with Crippen molar-refractivity contribution in [3.63, 3.8) is 0 Å². The van der Waals surface area contributed by atoms with E-state index >= 15 is 0 Å². The number of hydrogen-bond donors (Lipinski definition) is 0.